The summed E-state index contributed by atoms with van der Waals surface area (Å²) in [5, 5.41) is 8.85. The molecule has 0 radical (unpaired) electrons. The molecule has 0 unspecified atom stereocenters. The van der Waals surface area contributed by atoms with E-state index >= 15 is 0 Å². The Labute approximate surface area is 260 Å². The summed E-state index contributed by atoms with van der Waals surface area (Å²) in [4.78, 5) is 24.4. The summed E-state index contributed by atoms with van der Waals surface area (Å²) < 4.78 is 66.3. The minimum absolute atomic E-state index is 0.0404. The van der Waals surface area contributed by atoms with Crippen LogP contribution in [0.2, 0.25) is 0 Å². The molecule has 0 bridgehead atoms. The minimum Gasteiger partial charge on any atom is -0.427 e. The van der Waals surface area contributed by atoms with Gasteiger partial charge in [-0.25, -0.2) is 17.6 Å². The molecule has 0 aliphatic heterocycles. The topological polar surface area (TPSA) is 76.4 Å². The molecule has 0 aliphatic rings. The summed E-state index contributed by atoms with van der Waals surface area (Å²) in [6.07, 6.45) is 8.25. The van der Waals surface area contributed by atoms with Crippen LogP contribution in [-0.2, 0) is 14.3 Å². The quantitative estimate of drug-likeness (QED) is 0.0449. The molecular formula is C36H33F4NO4. The third kappa shape index (κ3) is 10.6. The van der Waals surface area contributed by atoms with Crippen LogP contribution in [0.25, 0.3) is 16.7 Å². The second-order valence-electron chi connectivity index (χ2n) is 10.2. The number of benzene rings is 3. The van der Waals surface area contributed by atoms with E-state index in [1.165, 1.54) is 48.6 Å². The highest BCUT2D eigenvalue weighted by molar-refractivity contribution is 5.75. The lowest BCUT2D eigenvalue weighted by molar-refractivity contribution is -0.139. The van der Waals surface area contributed by atoms with Gasteiger partial charge in [-0.1, -0.05) is 37.5 Å². The van der Waals surface area contributed by atoms with Crippen LogP contribution in [0.3, 0.4) is 0 Å². The van der Waals surface area contributed by atoms with Crippen molar-refractivity contribution >= 4 is 17.5 Å². The molecule has 3 aromatic rings. The fraction of sp³-hybridized carbons (Fsp3) is 0.250. The number of nitrogens with zero attached hydrogens (tertiary/aromatic N) is 1. The second kappa shape index (κ2) is 17.4. The summed E-state index contributed by atoms with van der Waals surface area (Å²) in [5.41, 5.74) is 1.17. The molecule has 0 fully saturated rings. The first kappa shape index (κ1) is 34.5. The standard InChI is InChI=1S/C36H33F4NO4/c1-3-29(16-15-27(22-37)25-13-14-28(23-41)33(39)19-25)44-35(42)9-7-5-4-6-8-10-36(43)45-30-17-18-31(34(40)21-30)26-12-11-24(2)32(38)20-26/h3,11-22H,4-10H2,1-2H3/b16-15-,27-22-,29-3+. The van der Waals surface area contributed by atoms with Gasteiger partial charge in [0.15, 0.2) is 0 Å². The summed E-state index contributed by atoms with van der Waals surface area (Å²) in [6, 6.07) is 13.9. The number of aryl methyl sites for hydroxylation is 1. The number of esters is 2. The van der Waals surface area contributed by atoms with E-state index in [0.717, 1.165) is 31.4 Å². The van der Waals surface area contributed by atoms with E-state index in [9.17, 15) is 27.2 Å². The molecule has 0 aromatic heterocycles. The summed E-state index contributed by atoms with van der Waals surface area (Å²) in [7, 11) is 0. The SMILES string of the molecule is C\C=C(/C=C\C(=C\F)c1ccc(C#N)c(F)c1)OC(=O)CCCCCCCC(=O)Oc1ccc(-c2ccc(C)c(F)c2)c(F)c1. The Hall–Kier alpha value is -4.97. The van der Waals surface area contributed by atoms with Gasteiger partial charge in [-0.05, 0) is 91.9 Å². The molecule has 234 valence electrons. The molecular weight excluding hydrogens is 586 g/mol. The van der Waals surface area contributed by atoms with Crippen molar-refractivity contribution in [1.82, 2.24) is 0 Å². The predicted octanol–water partition coefficient (Wildman–Crippen LogP) is 9.60. The molecule has 45 heavy (non-hydrogen) atoms. The molecule has 3 rings (SSSR count). The average Bonchev–Trinajstić information content (AvgIpc) is 3.01. The van der Waals surface area contributed by atoms with Gasteiger partial charge >= 0.3 is 11.9 Å². The number of halogens is 4. The predicted molar refractivity (Wildman–Crippen MR) is 164 cm³/mol. The minimum atomic E-state index is -0.766. The van der Waals surface area contributed by atoms with E-state index in [-0.39, 0.29) is 46.6 Å². The van der Waals surface area contributed by atoms with Crippen molar-refractivity contribution in [3.8, 4) is 22.9 Å². The van der Waals surface area contributed by atoms with Crippen LogP contribution in [0, 0.1) is 35.7 Å². The molecule has 0 heterocycles. The summed E-state index contributed by atoms with van der Waals surface area (Å²) in [5.74, 6) is -2.50. The molecule has 0 amide bonds. The number of allylic oxidation sites excluding steroid dienone is 4. The van der Waals surface area contributed by atoms with Crippen LogP contribution in [-0.4, -0.2) is 11.9 Å². The largest absolute Gasteiger partial charge is 0.427 e. The first-order valence-corrected chi connectivity index (χ1v) is 14.5. The molecule has 9 heteroatoms. The van der Waals surface area contributed by atoms with Crippen LogP contribution in [0.5, 0.6) is 5.75 Å². The molecule has 0 spiro atoms. The Morgan fingerprint density at radius 2 is 1.53 bits per heavy atom. The maximum absolute atomic E-state index is 14.6. The maximum atomic E-state index is 14.6. The Kier molecular flexibility index (Phi) is 13.3. The highest BCUT2D eigenvalue weighted by atomic mass is 19.1. The Morgan fingerprint density at radius 1 is 0.822 bits per heavy atom. The first-order chi connectivity index (χ1) is 21.6. The molecule has 0 N–H and O–H groups in total. The lowest BCUT2D eigenvalue weighted by atomic mass is 10.0. The highest BCUT2D eigenvalue weighted by Crippen LogP contribution is 2.28. The third-order valence-electron chi connectivity index (χ3n) is 6.90. The van der Waals surface area contributed by atoms with Crippen LogP contribution in [0.15, 0.2) is 84.9 Å². The number of hydrogen-bond acceptors (Lipinski definition) is 5. The molecule has 0 saturated carbocycles. The Bertz CT molecular complexity index is 1650. The molecule has 0 aliphatic carbocycles. The summed E-state index contributed by atoms with van der Waals surface area (Å²) >= 11 is 0. The monoisotopic (exact) mass is 619 g/mol. The molecule has 3 aromatic carbocycles. The Morgan fingerprint density at radius 3 is 2.16 bits per heavy atom. The van der Waals surface area contributed by atoms with E-state index in [4.69, 9.17) is 14.7 Å². The van der Waals surface area contributed by atoms with Gasteiger partial charge in [0.2, 0.25) is 0 Å². The van der Waals surface area contributed by atoms with Gasteiger partial charge in [-0.15, -0.1) is 0 Å². The second-order valence-corrected chi connectivity index (χ2v) is 10.2. The summed E-state index contributed by atoms with van der Waals surface area (Å²) in [6.45, 7) is 3.27. The average molecular weight is 620 g/mol. The molecule has 0 saturated heterocycles. The zero-order valence-corrected chi connectivity index (χ0v) is 25.0. The van der Waals surface area contributed by atoms with Gasteiger partial charge in [0.1, 0.15) is 35.0 Å². The van der Waals surface area contributed by atoms with Gasteiger partial charge in [-0.2, -0.15) is 5.26 Å². The number of hydrogen-bond donors (Lipinski definition) is 0. The van der Waals surface area contributed by atoms with E-state index in [2.05, 4.69) is 0 Å². The van der Waals surface area contributed by atoms with E-state index in [1.54, 1.807) is 32.0 Å². The maximum Gasteiger partial charge on any atom is 0.311 e. The Balaban J connectivity index is 1.33. The zero-order valence-electron chi connectivity index (χ0n) is 25.0. The first-order valence-electron chi connectivity index (χ1n) is 14.5. The number of ether oxygens (including phenoxy) is 2. The zero-order chi connectivity index (χ0) is 32.8. The number of carbonyl (C=O) groups is 2. The fourth-order valence-corrected chi connectivity index (χ4v) is 4.33. The van der Waals surface area contributed by atoms with Crippen molar-refractivity contribution in [1.29, 1.82) is 5.26 Å². The van der Waals surface area contributed by atoms with Crippen molar-refractivity contribution in [2.24, 2.45) is 0 Å². The molecule has 0 atom stereocenters. The van der Waals surface area contributed by atoms with Gasteiger partial charge in [0.25, 0.3) is 0 Å². The number of unbranched alkanes of at least 4 members (excludes halogenated alkanes) is 4. The van der Waals surface area contributed by atoms with Gasteiger partial charge < -0.3 is 9.47 Å². The lowest BCUT2D eigenvalue weighted by Crippen LogP contribution is -2.07. The van der Waals surface area contributed by atoms with Crippen molar-refractivity contribution in [2.75, 3.05) is 0 Å². The van der Waals surface area contributed by atoms with Crippen LogP contribution >= 0.6 is 0 Å². The molecule has 5 nitrogen and oxygen atoms in total. The van der Waals surface area contributed by atoms with E-state index in [0.29, 0.717) is 30.3 Å². The number of carbonyl (C=O) groups excluding carboxylic acids is 2. The number of rotatable bonds is 14. The third-order valence-corrected chi connectivity index (χ3v) is 6.90. The van der Waals surface area contributed by atoms with Gasteiger partial charge in [0, 0.05) is 30.0 Å². The van der Waals surface area contributed by atoms with Crippen LogP contribution in [0.4, 0.5) is 17.6 Å². The van der Waals surface area contributed by atoms with Crippen molar-refractivity contribution in [2.45, 2.75) is 58.8 Å². The van der Waals surface area contributed by atoms with Crippen molar-refractivity contribution in [3.63, 3.8) is 0 Å². The highest BCUT2D eigenvalue weighted by Gasteiger charge is 2.12. The lowest BCUT2D eigenvalue weighted by Gasteiger charge is -2.08. The number of nitriles is 1. The van der Waals surface area contributed by atoms with Crippen molar-refractivity contribution < 1.29 is 36.6 Å². The smallest absolute Gasteiger partial charge is 0.311 e. The van der Waals surface area contributed by atoms with Crippen LogP contribution < -0.4 is 4.74 Å². The van der Waals surface area contributed by atoms with E-state index < -0.39 is 29.4 Å². The normalized spacial score (nSPS) is 11.8. The van der Waals surface area contributed by atoms with Crippen molar-refractivity contribution in [3.05, 3.63) is 119 Å². The van der Waals surface area contributed by atoms with Crippen LogP contribution in [0.1, 0.15) is 68.6 Å². The van der Waals surface area contributed by atoms with Gasteiger partial charge in [-0.3, -0.25) is 9.59 Å². The fourth-order valence-electron chi connectivity index (χ4n) is 4.33. The van der Waals surface area contributed by atoms with E-state index in [1.807, 2.05) is 0 Å². The van der Waals surface area contributed by atoms with Gasteiger partial charge in [0.05, 0.1) is 11.9 Å².